The Bertz CT molecular complexity index is 315. The van der Waals surface area contributed by atoms with Crippen LogP contribution in [0.1, 0.15) is 46.5 Å². The van der Waals surface area contributed by atoms with Crippen molar-refractivity contribution in [3.63, 3.8) is 0 Å². The summed E-state index contributed by atoms with van der Waals surface area (Å²) in [6, 6.07) is 0. The number of rotatable bonds is 0. The zero-order valence-corrected chi connectivity index (χ0v) is 13.9. The summed E-state index contributed by atoms with van der Waals surface area (Å²) >= 11 is -1.92. The first kappa shape index (κ1) is 15.1. The van der Waals surface area contributed by atoms with Gasteiger partial charge in [0.05, 0.1) is 0 Å². The molecule has 2 aliphatic carbocycles. The zero-order chi connectivity index (χ0) is 12.3. The summed E-state index contributed by atoms with van der Waals surface area (Å²) in [4.78, 5) is 0. The van der Waals surface area contributed by atoms with Crippen molar-refractivity contribution < 1.29 is 14.7 Å². The van der Waals surface area contributed by atoms with Crippen LogP contribution in [0.5, 0.6) is 0 Å². The van der Waals surface area contributed by atoms with E-state index in [1.165, 1.54) is 25.7 Å². The molecule has 0 bridgehead atoms. The van der Waals surface area contributed by atoms with Gasteiger partial charge in [-0.2, -0.15) is 0 Å². The first-order chi connectivity index (χ1) is 7.45. The van der Waals surface area contributed by atoms with Gasteiger partial charge in [0.15, 0.2) is 0 Å². The molecule has 0 nitrogen and oxygen atoms in total. The van der Waals surface area contributed by atoms with E-state index in [0.29, 0.717) is 0 Å². The molecule has 1 unspecified atom stereocenters. The Morgan fingerprint density at radius 3 is 2.06 bits per heavy atom. The van der Waals surface area contributed by atoms with Gasteiger partial charge < -0.3 is 0 Å². The Hall–Kier alpha value is 1.06. The molecule has 0 aromatic rings. The maximum absolute atomic E-state index is 4.97. The predicted octanol–water partition coefficient (Wildman–Crippen LogP) is 5.91. The quantitative estimate of drug-likeness (QED) is 0.487. The molecule has 4 heteroatoms. The molecule has 0 aliphatic heterocycles. The summed E-state index contributed by atoms with van der Waals surface area (Å²) < 4.78 is 0. The Labute approximate surface area is 116 Å². The van der Waals surface area contributed by atoms with E-state index in [-0.39, 0.29) is 0 Å². The van der Waals surface area contributed by atoms with Crippen LogP contribution in [0.15, 0.2) is 22.3 Å². The molecule has 2 rings (SSSR count). The molecule has 0 aromatic heterocycles. The average molecular weight is 317 g/mol. The molecule has 0 N–H and O–H groups in total. The minimum absolute atomic E-state index is 0.764. The van der Waals surface area contributed by atoms with E-state index in [9.17, 15) is 0 Å². The van der Waals surface area contributed by atoms with Crippen molar-refractivity contribution in [1.82, 2.24) is 0 Å². The van der Waals surface area contributed by atoms with Crippen LogP contribution in [0.3, 0.4) is 0 Å². The van der Waals surface area contributed by atoms with E-state index in [1.807, 2.05) is 0 Å². The molecule has 91 valence electrons. The summed E-state index contributed by atoms with van der Waals surface area (Å²) in [6.45, 7) is 6.98. The summed E-state index contributed by atoms with van der Waals surface area (Å²) in [5.74, 6) is 0.764. The van der Waals surface area contributed by atoms with Crippen LogP contribution in [0.4, 0.5) is 0 Å². The van der Waals surface area contributed by atoms with Crippen LogP contribution in [0.2, 0.25) is 0 Å². The molecule has 1 atom stereocenters. The molecule has 0 spiro atoms. The SMILES string of the molecule is CC1=C(C)C(C)C2=C1CCCC2.[Cl][Ti]([Cl])[Cl]. The van der Waals surface area contributed by atoms with Gasteiger partial charge >= 0.3 is 42.6 Å². The van der Waals surface area contributed by atoms with Crippen molar-refractivity contribution in [2.45, 2.75) is 46.5 Å². The summed E-state index contributed by atoms with van der Waals surface area (Å²) in [5, 5.41) is 0. The molecular formula is C12H18Cl3Ti. The van der Waals surface area contributed by atoms with E-state index in [2.05, 4.69) is 20.8 Å². The summed E-state index contributed by atoms with van der Waals surface area (Å²) in [6.07, 6.45) is 5.55. The van der Waals surface area contributed by atoms with Gasteiger partial charge in [-0.1, -0.05) is 18.1 Å². The Morgan fingerprint density at radius 1 is 1.06 bits per heavy atom. The number of allylic oxidation sites excluding steroid dienone is 4. The second kappa shape index (κ2) is 6.85. The Morgan fingerprint density at radius 2 is 1.56 bits per heavy atom. The van der Waals surface area contributed by atoms with Crippen molar-refractivity contribution in [2.75, 3.05) is 0 Å². The van der Waals surface area contributed by atoms with Gasteiger partial charge in [-0.15, -0.1) is 0 Å². The summed E-state index contributed by atoms with van der Waals surface area (Å²) in [5.41, 5.74) is 6.71. The van der Waals surface area contributed by atoms with Gasteiger partial charge in [0.1, 0.15) is 0 Å². The molecular weight excluding hydrogens is 298 g/mol. The van der Waals surface area contributed by atoms with Crippen molar-refractivity contribution >= 4 is 27.9 Å². The van der Waals surface area contributed by atoms with Crippen LogP contribution in [-0.4, -0.2) is 0 Å². The molecule has 0 fully saturated rings. The van der Waals surface area contributed by atoms with Gasteiger partial charge in [-0.05, 0) is 56.6 Å². The molecule has 0 heterocycles. The normalized spacial score (nSPS) is 24.0. The van der Waals surface area contributed by atoms with Gasteiger partial charge in [0.25, 0.3) is 0 Å². The second-order valence-corrected chi connectivity index (χ2v) is 12.2. The second-order valence-electron chi connectivity index (χ2n) is 4.45. The van der Waals surface area contributed by atoms with Gasteiger partial charge in [-0.25, -0.2) is 0 Å². The fourth-order valence-electron chi connectivity index (χ4n) is 2.66. The van der Waals surface area contributed by atoms with Crippen LogP contribution in [0.25, 0.3) is 0 Å². The van der Waals surface area contributed by atoms with Gasteiger partial charge in [0.2, 0.25) is 0 Å². The fourth-order valence-corrected chi connectivity index (χ4v) is 2.66. The van der Waals surface area contributed by atoms with Crippen molar-refractivity contribution in [1.29, 1.82) is 0 Å². The van der Waals surface area contributed by atoms with E-state index >= 15 is 0 Å². The first-order valence-electron chi connectivity index (χ1n) is 5.68. The average Bonchev–Trinajstić information content (AvgIpc) is 2.44. The molecule has 0 saturated heterocycles. The third kappa shape index (κ3) is 3.78. The van der Waals surface area contributed by atoms with E-state index in [1.54, 1.807) is 22.3 Å². The molecule has 2 aliphatic rings. The molecule has 16 heavy (non-hydrogen) atoms. The van der Waals surface area contributed by atoms with Crippen LogP contribution < -0.4 is 0 Å². The van der Waals surface area contributed by atoms with Crippen LogP contribution >= 0.6 is 27.9 Å². The van der Waals surface area contributed by atoms with Gasteiger partial charge in [-0.3, -0.25) is 0 Å². The summed E-state index contributed by atoms with van der Waals surface area (Å²) in [7, 11) is 14.9. The first-order valence-corrected chi connectivity index (χ1v) is 12.1. The molecule has 0 radical (unpaired) electrons. The fraction of sp³-hybridized carbons (Fsp3) is 0.667. The van der Waals surface area contributed by atoms with Gasteiger partial charge in [0, 0.05) is 0 Å². The van der Waals surface area contributed by atoms with E-state index in [4.69, 9.17) is 27.9 Å². The number of halogens is 3. The third-order valence-corrected chi connectivity index (χ3v) is 3.73. The predicted molar refractivity (Wildman–Crippen MR) is 70.6 cm³/mol. The van der Waals surface area contributed by atoms with Crippen LogP contribution in [0, 0.1) is 5.92 Å². The monoisotopic (exact) mass is 315 g/mol. The Balaban J connectivity index is 0.000000280. The van der Waals surface area contributed by atoms with Crippen molar-refractivity contribution in [3.8, 4) is 0 Å². The minimum atomic E-state index is -1.92. The Kier molecular flexibility index (Phi) is 6.48. The topological polar surface area (TPSA) is 0 Å². The van der Waals surface area contributed by atoms with Crippen LogP contribution in [-0.2, 0) is 14.7 Å². The number of hydrogen-bond acceptors (Lipinski definition) is 0. The van der Waals surface area contributed by atoms with Crippen molar-refractivity contribution in [2.24, 2.45) is 5.92 Å². The van der Waals surface area contributed by atoms with E-state index < -0.39 is 14.7 Å². The third-order valence-electron chi connectivity index (χ3n) is 3.73. The van der Waals surface area contributed by atoms with E-state index in [0.717, 1.165) is 5.92 Å². The molecule has 0 amide bonds. The molecule has 0 aromatic carbocycles. The number of hydrogen-bond donors (Lipinski definition) is 0. The molecule has 0 saturated carbocycles. The zero-order valence-electron chi connectivity index (χ0n) is 10.0. The maximum atomic E-state index is 4.97. The van der Waals surface area contributed by atoms with Crippen molar-refractivity contribution in [3.05, 3.63) is 22.3 Å². The standard InChI is InChI=1S/C12H18.3ClH.Ti/c1-8-9(2)11-6-4-5-7-12(11)10(8)3;;;;/h9H,4-7H2,1-3H3;3*1H;/q;;;;+3/p-3.